The first-order chi connectivity index (χ1) is 12.7. The molecule has 0 fully saturated rings. The van der Waals surface area contributed by atoms with Gasteiger partial charge in [-0.3, -0.25) is 4.79 Å². The third kappa shape index (κ3) is 3.32. The highest BCUT2D eigenvalue weighted by Gasteiger charge is 2.10. The Morgan fingerprint density at radius 1 is 0.923 bits per heavy atom. The maximum absolute atomic E-state index is 11.4. The van der Waals surface area contributed by atoms with Crippen LogP contribution in [0.15, 0.2) is 77.2 Å². The molecule has 26 heavy (non-hydrogen) atoms. The number of benzene rings is 3. The molecule has 4 rings (SSSR count). The van der Waals surface area contributed by atoms with E-state index in [0.29, 0.717) is 22.7 Å². The van der Waals surface area contributed by atoms with E-state index in [4.69, 9.17) is 16.0 Å². The number of hydrogen-bond donors (Lipinski definition) is 1. The second-order valence-electron chi connectivity index (χ2n) is 5.83. The van der Waals surface area contributed by atoms with Crippen LogP contribution >= 0.6 is 11.6 Å². The molecule has 0 aliphatic heterocycles. The summed E-state index contributed by atoms with van der Waals surface area (Å²) in [5, 5.41) is 2.71. The van der Waals surface area contributed by atoms with E-state index in [2.05, 4.69) is 22.4 Å². The minimum atomic E-state index is -0.258. The van der Waals surface area contributed by atoms with Crippen molar-refractivity contribution in [2.24, 2.45) is 0 Å². The summed E-state index contributed by atoms with van der Waals surface area (Å²) in [6, 6.07) is 23.6. The van der Waals surface area contributed by atoms with Crippen LogP contribution in [0.3, 0.4) is 0 Å². The van der Waals surface area contributed by atoms with Crippen LogP contribution in [0.2, 0.25) is 0 Å². The topological polar surface area (TPSA) is 55.1 Å². The van der Waals surface area contributed by atoms with Crippen LogP contribution in [0.1, 0.15) is 0 Å². The average molecular weight is 363 g/mol. The fourth-order valence-corrected chi connectivity index (χ4v) is 2.83. The Hall–Kier alpha value is -3.11. The maximum atomic E-state index is 11.4. The summed E-state index contributed by atoms with van der Waals surface area (Å²) in [4.78, 5) is 15.9. The van der Waals surface area contributed by atoms with E-state index >= 15 is 0 Å². The molecule has 0 radical (unpaired) electrons. The molecular formula is C21H15ClN2O2. The van der Waals surface area contributed by atoms with Gasteiger partial charge in [-0.1, -0.05) is 42.5 Å². The van der Waals surface area contributed by atoms with Crippen LogP contribution in [0.25, 0.3) is 33.7 Å². The molecule has 0 unspecified atom stereocenters. The first-order valence-corrected chi connectivity index (χ1v) is 8.69. The maximum Gasteiger partial charge on any atom is 0.239 e. The zero-order valence-electron chi connectivity index (χ0n) is 13.8. The van der Waals surface area contributed by atoms with E-state index in [-0.39, 0.29) is 11.8 Å². The SMILES string of the molecule is O=C(CCl)Nc1ccc2oc(-c3ccc(-c4ccccc4)cc3)nc2c1. The number of fused-ring (bicyclic) bond motifs is 1. The van der Waals surface area contributed by atoms with Crippen LogP contribution in [0.5, 0.6) is 0 Å². The van der Waals surface area contributed by atoms with Crippen LogP contribution < -0.4 is 5.32 Å². The third-order valence-corrected chi connectivity index (χ3v) is 4.27. The fourth-order valence-electron chi connectivity index (χ4n) is 2.76. The predicted molar refractivity (Wildman–Crippen MR) is 104 cm³/mol. The minimum absolute atomic E-state index is 0.0874. The highest BCUT2D eigenvalue weighted by molar-refractivity contribution is 6.29. The van der Waals surface area contributed by atoms with Gasteiger partial charge >= 0.3 is 0 Å². The van der Waals surface area contributed by atoms with Crippen LogP contribution in [-0.4, -0.2) is 16.8 Å². The lowest BCUT2D eigenvalue weighted by molar-refractivity contribution is -0.113. The Labute approximate surface area is 155 Å². The molecule has 1 aromatic heterocycles. The quantitative estimate of drug-likeness (QED) is 0.498. The number of anilines is 1. The largest absolute Gasteiger partial charge is 0.436 e. The number of amides is 1. The molecule has 3 aromatic carbocycles. The van der Waals surface area contributed by atoms with Gasteiger partial charge in [0.2, 0.25) is 11.8 Å². The number of carbonyl (C=O) groups excluding carboxylic acids is 1. The molecule has 0 aliphatic rings. The lowest BCUT2D eigenvalue weighted by atomic mass is 10.0. The van der Waals surface area contributed by atoms with Gasteiger partial charge in [-0.2, -0.15) is 0 Å². The van der Waals surface area contributed by atoms with Gasteiger partial charge in [0.15, 0.2) is 5.58 Å². The zero-order valence-corrected chi connectivity index (χ0v) is 14.5. The molecular weight excluding hydrogens is 348 g/mol. The average Bonchev–Trinajstić information content (AvgIpc) is 3.12. The Morgan fingerprint density at radius 2 is 1.62 bits per heavy atom. The second kappa shape index (κ2) is 7.02. The van der Waals surface area contributed by atoms with Gasteiger partial charge in [-0.05, 0) is 41.5 Å². The molecule has 0 atom stereocenters. The highest BCUT2D eigenvalue weighted by atomic mass is 35.5. The number of aromatic nitrogens is 1. The van der Waals surface area contributed by atoms with Gasteiger partial charge in [0.05, 0.1) is 0 Å². The first kappa shape index (κ1) is 16.4. The molecule has 0 aliphatic carbocycles. The number of halogens is 1. The molecule has 0 bridgehead atoms. The van der Waals surface area contributed by atoms with Crippen molar-refractivity contribution in [2.45, 2.75) is 0 Å². The Balaban J connectivity index is 1.63. The number of nitrogens with one attached hydrogen (secondary N) is 1. The number of hydrogen-bond acceptors (Lipinski definition) is 3. The van der Waals surface area contributed by atoms with Crippen molar-refractivity contribution < 1.29 is 9.21 Å². The number of nitrogens with zero attached hydrogens (tertiary/aromatic N) is 1. The number of oxazole rings is 1. The van der Waals surface area contributed by atoms with Crippen LogP contribution in [0, 0.1) is 0 Å². The summed E-state index contributed by atoms with van der Waals surface area (Å²) in [5.41, 5.74) is 5.18. The number of rotatable bonds is 4. The molecule has 1 N–H and O–H groups in total. The van der Waals surface area contributed by atoms with Gasteiger partial charge < -0.3 is 9.73 Å². The van der Waals surface area contributed by atoms with Crippen molar-refractivity contribution in [2.75, 3.05) is 11.2 Å². The molecule has 0 saturated carbocycles. The van der Waals surface area contributed by atoms with E-state index in [0.717, 1.165) is 16.7 Å². The summed E-state index contributed by atoms with van der Waals surface area (Å²) in [6.07, 6.45) is 0. The van der Waals surface area contributed by atoms with E-state index < -0.39 is 0 Å². The number of alkyl halides is 1. The van der Waals surface area contributed by atoms with Crippen molar-refractivity contribution in [1.29, 1.82) is 0 Å². The first-order valence-electron chi connectivity index (χ1n) is 8.15. The summed E-state index contributed by atoms with van der Waals surface area (Å²) < 4.78 is 5.84. The summed E-state index contributed by atoms with van der Waals surface area (Å²) in [7, 11) is 0. The standard InChI is InChI=1S/C21H15ClN2O2/c22-13-20(25)23-17-10-11-19-18(12-17)24-21(26-19)16-8-6-15(7-9-16)14-4-2-1-3-5-14/h1-12H,13H2,(H,23,25). The Kier molecular flexibility index (Phi) is 4.42. The summed E-state index contributed by atoms with van der Waals surface area (Å²) >= 11 is 5.52. The lowest BCUT2D eigenvalue weighted by Crippen LogP contribution is -2.12. The van der Waals surface area contributed by atoms with E-state index in [1.54, 1.807) is 18.2 Å². The smallest absolute Gasteiger partial charge is 0.239 e. The highest BCUT2D eigenvalue weighted by Crippen LogP contribution is 2.28. The normalized spacial score (nSPS) is 10.8. The summed E-state index contributed by atoms with van der Waals surface area (Å²) in [6.45, 7) is 0. The molecule has 4 aromatic rings. The molecule has 0 spiro atoms. The molecule has 1 amide bonds. The van der Waals surface area contributed by atoms with Gasteiger partial charge in [-0.25, -0.2) is 4.98 Å². The van der Waals surface area contributed by atoms with E-state index in [1.165, 1.54) is 0 Å². The Morgan fingerprint density at radius 3 is 2.35 bits per heavy atom. The molecule has 5 heteroatoms. The van der Waals surface area contributed by atoms with Gasteiger partial charge in [0.25, 0.3) is 0 Å². The summed E-state index contributed by atoms with van der Waals surface area (Å²) in [5.74, 6) is 0.197. The van der Waals surface area contributed by atoms with E-state index in [9.17, 15) is 4.79 Å². The van der Waals surface area contributed by atoms with E-state index in [1.807, 2.05) is 42.5 Å². The molecule has 1 heterocycles. The lowest BCUT2D eigenvalue weighted by Gasteiger charge is -2.02. The van der Waals surface area contributed by atoms with Gasteiger partial charge in [0.1, 0.15) is 11.4 Å². The van der Waals surface area contributed by atoms with Crippen LogP contribution in [-0.2, 0) is 4.79 Å². The monoisotopic (exact) mass is 362 g/mol. The molecule has 128 valence electrons. The van der Waals surface area contributed by atoms with Crippen molar-refractivity contribution in [1.82, 2.24) is 4.98 Å². The van der Waals surface area contributed by atoms with Crippen molar-refractivity contribution in [3.63, 3.8) is 0 Å². The Bertz CT molecular complexity index is 1060. The van der Waals surface area contributed by atoms with Gasteiger partial charge in [-0.15, -0.1) is 11.6 Å². The second-order valence-corrected chi connectivity index (χ2v) is 6.09. The zero-order chi connectivity index (χ0) is 17.9. The van der Waals surface area contributed by atoms with Crippen molar-refractivity contribution >= 4 is 34.3 Å². The fraction of sp³-hybridized carbons (Fsp3) is 0.0476. The van der Waals surface area contributed by atoms with Crippen molar-refractivity contribution in [3.05, 3.63) is 72.8 Å². The molecule has 0 saturated heterocycles. The number of carbonyl (C=O) groups is 1. The predicted octanol–water partition coefficient (Wildman–Crippen LogP) is 5.34. The van der Waals surface area contributed by atoms with Crippen LogP contribution in [0.4, 0.5) is 5.69 Å². The minimum Gasteiger partial charge on any atom is -0.436 e. The third-order valence-electron chi connectivity index (χ3n) is 4.03. The van der Waals surface area contributed by atoms with Gasteiger partial charge in [0, 0.05) is 11.3 Å². The molecule has 4 nitrogen and oxygen atoms in total. The van der Waals surface area contributed by atoms with Crippen molar-refractivity contribution in [3.8, 4) is 22.6 Å².